The first kappa shape index (κ1) is 13.5. The third kappa shape index (κ3) is 4.06. The molecular formula is C13H21N3O. The van der Waals surface area contributed by atoms with E-state index in [-0.39, 0.29) is 5.91 Å². The van der Waals surface area contributed by atoms with Crippen molar-refractivity contribution in [2.45, 2.75) is 20.8 Å². The highest BCUT2D eigenvalue weighted by Crippen LogP contribution is 2.08. The van der Waals surface area contributed by atoms with Crippen molar-refractivity contribution < 1.29 is 4.79 Å². The first-order valence-electron chi connectivity index (χ1n) is 5.96. The number of nitrogens with zero attached hydrogens (tertiary/aromatic N) is 1. The molecule has 94 valence electrons. The van der Waals surface area contributed by atoms with Crippen molar-refractivity contribution >= 4 is 11.7 Å². The van der Waals surface area contributed by atoms with Crippen molar-refractivity contribution in [3.05, 3.63) is 23.9 Å². The predicted octanol–water partition coefficient (Wildman–Crippen LogP) is 2.15. The van der Waals surface area contributed by atoms with E-state index in [0.717, 1.165) is 5.82 Å². The number of pyridine rings is 1. The Labute approximate surface area is 103 Å². The fourth-order valence-electron chi connectivity index (χ4n) is 1.27. The molecule has 0 saturated heterocycles. The molecule has 0 spiro atoms. The third-order valence-electron chi connectivity index (χ3n) is 3.00. The normalized spacial score (nSPS) is 12.3. The maximum Gasteiger partial charge on any atom is 0.252 e. The summed E-state index contributed by atoms with van der Waals surface area (Å²) in [4.78, 5) is 15.9. The van der Waals surface area contributed by atoms with Gasteiger partial charge in [0.05, 0.1) is 5.56 Å². The van der Waals surface area contributed by atoms with Crippen LogP contribution in [-0.4, -0.2) is 24.5 Å². The van der Waals surface area contributed by atoms with Gasteiger partial charge >= 0.3 is 0 Å². The fourth-order valence-corrected chi connectivity index (χ4v) is 1.27. The molecule has 2 N–H and O–H groups in total. The minimum absolute atomic E-state index is 0.0624. The lowest BCUT2D eigenvalue weighted by molar-refractivity contribution is 0.0944. The van der Waals surface area contributed by atoms with E-state index in [1.165, 1.54) is 0 Å². The van der Waals surface area contributed by atoms with Gasteiger partial charge in [0, 0.05) is 19.8 Å². The maximum atomic E-state index is 11.8. The van der Waals surface area contributed by atoms with E-state index in [9.17, 15) is 4.79 Å². The van der Waals surface area contributed by atoms with E-state index < -0.39 is 0 Å². The van der Waals surface area contributed by atoms with Crippen LogP contribution in [0.2, 0.25) is 0 Å². The van der Waals surface area contributed by atoms with Gasteiger partial charge in [0.15, 0.2) is 0 Å². The van der Waals surface area contributed by atoms with Gasteiger partial charge in [-0.05, 0) is 24.0 Å². The predicted molar refractivity (Wildman–Crippen MR) is 70.1 cm³/mol. The van der Waals surface area contributed by atoms with Crippen molar-refractivity contribution in [1.29, 1.82) is 0 Å². The van der Waals surface area contributed by atoms with Crippen LogP contribution in [-0.2, 0) is 0 Å². The second-order valence-corrected chi connectivity index (χ2v) is 4.61. The lowest BCUT2D eigenvalue weighted by Gasteiger charge is -2.15. The van der Waals surface area contributed by atoms with Crippen LogP contribution < -0.4 is 10.6 Å². The van der Waals surface area contributed by atoms with Crippen LogP contribution in [0.3, 0.4) is 0 Å². The lowest BCUT2D eigenvalue weighted by atomic mass is 9.98. The minimum Gasteiger partial charge on any atom is -0.373 e. The molecule has 0 aliphatic rings. The second kappa shape index (κ2) is 6.23. The minimum atomic E-state index is -0.0624. The van der Waals surface area contributed by atoms with Crippen LogP contribution in [0.4, 0.5) is 5.82 Å². The van der Waals surface area contributed by atoms with Crippen LogP contribution in [0.1, 0.15) is 31.1 Å². The van der Waals surface area contributed by atoms with Crippen molar-refractivity contribution in [3.63, 3.8) is 0 Å². The summed E-state index contributed by atoms with van der Waals surface area (Å²) in [5.74, 6) is 1.74. The maximum absolute atomic E-state index is 11.8. The van der Waals surface area contributed by atoms with E-state index >= 15 is 0 Å². The lowest BCUT2D eigenvalue weighted by Crippen LogP contribution is -2.30. The Bertz CT molecular complexity index is 359. The molecule has 1 rings (SSSR count). The molecule has 1 atom stereocenters. The summed E-state index contributed by atoms with van der Waals surface area (Å²) < 4.78 is 0. The molecule has 0 aromatic carbocycles. The quantitative estimate of drug-likeness (QED) is 0.822. The molecule has 0 bridgehead atoms. The highest BCUT2D eigenvalue weighted by atomic mass is 16.1. The Morgan fingerprint density at radius 2 is 2.06 bits per heavy atom. The molecule has 0 aliphatic carbocycles. The third-order valence-corrected chi connectivity index (χ3v) is 3.00. The molecule has 4 heteroatoms. The molecule has 1 aromatic heterocycles. The molecule has 17 heavy (non-hydrogen) atoms. The van der Waals surface area contributed by atoms with Gasteiger partial charge in [-0.2, -0.15) is 0 Å². The van der Waals surface area contributed by atoms with Crippen LogP contribution in [0.5, 0.6) is 0 Å². The Morgan fingerprint density at radius 1 is 1.35 bits per heavy atom. The van der Waals surface area contributed by atoms with Crippen LogP contribution in [0.25, 0.3) is 0 Å². The van der Waals surface area contributed by atoms with Crippen molar-refractivity contribution in [2.75, 3.05) is 18.9 Å². The highest BCUT2D eigenvalue weighted by molar-refractivity contribution is 5.94. The molecule has 1 heterocycles. The number of nitrogens with one attached hydrogen (secondary N) is 2. The van der Waals surface area contributed by atoms with Crippen LogP contribution in [0, 0.1) is 11.8 Å². The number of anilines is 1. The number of carbonyl (C=O) groups excluding carboxylic acids is 1. The Kier molecular flexibility index (Phi) is 4.94. The second-order valence-electron chi connectivity index (χ2n) is 4.61. The zero-order chi connectivity index (χ0) is 12.8. The summed E-state index contributed by atoms with van der Waals surface area (Å²) in [6, 6.07) is 3.56. The summed E-state index contributed by atoms with van der Waals surface area (Å²) in [7, 11) is 1.80. The summed E-state index contributed by atoms with van der Waals surface area (Å²) in [6.07, 6.45) is 1.58. The molecular weight excluding hydrogens is 214 g/mol. The van der Waals surface area contributed by atoms with Crippen molar-refractivity contribution in [3.8, 4) is 0 Å². The zero-order valence-corrected chi connectivity index (χ0v) is 10.9. The first-order chi connectivity index (χ1) is 8.04. The highest BCUT2D eigenvalue weighted by Gasteiger charge is 2.10. The summed E-state index contributed by atoms with van der Waals surface area (Å²) in [5, 5.41) is 5.83. The van der Waals surface area contributed by atoms with Crippen molar-refractivity contribution in [1.82, 2.24) is 10.3 Å². The summed E-state index contributed by atoms with van der Waals surface area (Å²) in [6.45, 7) is 7.14. The summed E-state index contributed by atoms with van der Waals surface area (Å²) >= 11 is 0. The molecule has 4 nitrogen and oxygen atoms in total. The van der Waals surface area contributed by atoms with Gasteiger partial charge < -0.3 is 10.6 Å². The van der Waals surface area contributed by atoms with Crippen molar-refractivity contribution in [2.24, 2.45) is 11.8 Å². The number of rotatable bonds is 5. The SMILES string of the molecule is CNc1ccc(C(=O)NCC(C)C(C)C)cn1. The number of amides is 1. The van der Waals surface area contributed by atoms with E-state index in [4.69, 9.17) is 0 Å². The van der Waals surface area contributed by atoms with E-state index in [2.05, 4.69) is 36.4 Å². The molecule has 0 radical (unpaired) electrons. The van der Waals surface area contributed by atoms with Gasteiger partial charge in [0.1, 0.15) is 5.82 Å². The van der Waals surface area contributed by atoms with Crippen LogP contribution in [0.15, 0.2) is 18.3 Å². The zero-order valence-electron chi connectivity index (χ0n) is 10.9. The van der Waals surface area contributed by atoms with E-state index in [0.29, 0.717) is 23.9 Å². The molecule has 0 fully saturated rings. The molecule has 1 amide bonds. The average Bonchev–Trinajstić information content (AvgIpc) is 2.35. The first-order valence-corrected chi connectivity index (χ1v) is 5.96. The van der Waals surface area contributed by atoms with Gasteiger partial charge in [-0.1, -0.05) is 20.8 Å². The number of carbonyl (C=O) groups is 1. The van der Waals surface area contributed by atoms with E-state index in [1.807, 2.05) is 0 Å². The monoisotopic (exact) mass is 235 g/mol. The Balaban J connectivity index is 2.52. The largest absolute Gasteiger partial charge is 0.373 e. The van der Waals surface area contributed by atoms with Gasteiger partial charge in [0.25, 0.3) is 5.91 Å². The fraction of sp³-hybridized carbons (Fsp3) is 0.538. The van der Waals surface area contributed by atoms with Crippen LogP contribution >= 0.6 is 0 Å². The number of hydrogen-bond donors (Lipinski definition) is 2. The van der Waals surface area contributed by atoms with Gasteiger partial charge in [-0.15, -0.1) is 0 Å². The smallest absolute Gasteiger partial charge is 0.252 e. The van der Waals surface area contributed by atoms with Gasteiger partial charge in [-0.3, -0.25) is 4.79 Å². The molecule has 0 aliphatic heterocycles. The van der Waals surface area contributed by atoms with E-state index in [1.54, 1.807) is 25.4 Å². The molecule has 1 aromatic rings. The number of hydrogen-bond acceptors (Lipinski definition) is 3. The average molecular weight is 235 g/mol. The Morgan fingerprint density at radius 3 is 2.53 bits per heavy atom. The standard InChI is InChI=1S/C13H21N3O/c1-9(2)10(3)7-16-13(17)11-5-6-12(14-4)15-8-11/h5-6,8-10H,7H2,1-4H3,(H,14,15)(H,16,17). The molecule has 0 saturated carbocycles. The summed E-state index contributed by atoms with van der Waals surface area (Å²) in [5.41, 5.74) is 0.597. The Hall–Kier alpha value is -1.58. The van der Waals surface area contributed by atoms with Gasteiger partial charge in [0.2, 0.25) is 0 Å². The topological polar surface area (TPSA) is 54.0 Å². The number of aromatic nitrogens is 1. The molecule has 1 unspecified atom stereocenters. The van der Waals surface area contributed by atoms with Gasteiger partial charge in [-0.25, -0.2) is 4.98 Å².